The van der Waals surface area contributed by atoms with Crippen molar-refractivity contribution in [3.05, 3.63) is 29.4 Å². The highest BCUT2D eigenvalue weighted by Crippen LogP contribution is 2.32. The van der Waals surface area contributed by atoms with Gasteiger partial charge in [0.2, 0.25) is 11.9 Å². The van der Waals surface area contributed by atoms with Gasteiger partial charge in [0.05, 0.1) is 19.0 Å². The van der Waals surface area contributed by atoms with Crippen LogP contribution in [0.1, 0.15) is 6.92 Å². The minimum Gasteiger partial charge on any atom is -0.494 e. The maximum absolute atomic E-state index is 11.5. The number of anilines is 4. The Kier molecular flexibility index (Phi) is 5.32. The minimum absolute atomic E-state index is 0.115. The smallest absolute Gasteiger partial charge is 0.229 e. The number of piperazine rings is 1. The van der Waals surface area contributed by atoms with Crippen molar-refractivity contribution in [3.63, 3.8) is 0 Å². The zero-order valence-electron chi connectivity index (χ0n) is 14.7. The lowest BCUT2D eigenvalue weighted by molar-refractivity contribution is -0.129. The van der Waals surface area contributed by atoms with Gasteiger partial charge >= 0.3 is 0 Å². The summed E-state index contributed by atoms with van der Waals surface area (Å²) in [5.41, 5.74) is 7.47. The van der Waals surface area contributed by atoms with Gasteiger partial charge in [-0.05, 0) is 12.1 Å². The molecule has 0 aliphatic carbocycles. The van der Waals surface area contributed by atoms with Crippen LogP contribution >= 0.6 is 11.6 Å². The molecule has 1 saturated heterocycles. The lowest BCUT2D eigenvalue weighted by atomic mass is 10.2. The molecule has 8 nitrogen and oxygen atoms in total. The topological polar surface area (TPSA) is 96.6 Å². The number of halogens is 1. The first-order chi connectivity index (χ1) is 12.5. The number of nitrogens with one attached hydrogen (secondary N) is 1. The molecule has 1 aromatic carbocycles. The van der Waals surface area contributed by atoms with Crippen molar-refractivity contribution in [1.82, 2.24) is 14.9 Å². The zero-order valence-corrected chi connectivity index (χ0v) is 15.5. The number of ether oxygens (including phenoxy) is 1. The minimum atomic E-state index is 0.115. The van der Waals surface area contributed by atoms with Gasteiger partial charge in [-0.25, -0.2) is 4.98 Å². The Hall–Kier alpha value is -2.74. The molecule has 1 aliphatic heterocycles. The highest BCUT2D eigenvalue weighted by molar-refractivity contribution is 6.32. The average molecular weight is 377 g/mol. The Morgan fingerprint density at radius 1 is 1.31 bits per heavy atom. The Morgan fingerprint density at radius 2 is 2.04 bits per heavy atom. The molecular weight excluding hydrogens is 356 g/mol. The molecular formula is C17H21ClN6O2. The first-order valence-corrected chi connectivity index (χ1v) is 8.59. The molecule has 1 amide bonds. The molecule has 0 bridgehead atoms. The number of amides is 1. The van der Waals surface area contributed by atoms with E-state index in [0.29, 0.717) is 16.7 Å². The van der Waals surface area contributed by atoms with Crippen LogP contribution in [-0.2, 0) is 4.79 Å². The van der Waals surface area contributed by atoms with Crippen LogP contribution in [0.5, 0.6) is 5.75 Å². The van der Waals surface area contributed by atoms with Gasteiger partial charge in [-0.2, -0.15) is 4.98 Å². The van der Waals surface area contributed by atoms with Crippen LogP contribution in [0.15, 0.2) is 24.4 Å². The number of methoxy groups -OCH3 is 1. The van der Waals surface area contributed by atoms with E-state index in [9.17, 15) is 4.79 Å². The lowest BCUT2D eigenvalue weighted by Gasteiger charge is -2.35. The summed E-state index contributed by atoms with van der Waals surface area (Å²) in [6, 6.07) is 5.85. The number of nitrogen functional groups attached to an aromatic ring is 1. The average Bonchev–Trinajstić information content (AvgIpc) is 2.65. The summed E-state index contributed by atoms with van der Waals surface area (Å²) in [5, 5.41) is 3.39. The summed E-state index contributed by atoms with van der Waals surface area (Å²) < 4.78 is 5.50. The van der Waals surface area contributed by atoms with Gasteiger partial charge in [0, 0.05) is 44.9 Å². The maximum Gasteiger partial charge on any atom is 0.229 e. The molecule has 0 spiro atoms. The number of hydrogen-bond acceptors (Lipinski definition) is 7. The van der Waals surface area contributed by atoms with Crippen molar-refractivity contribution in [2.45, 2.75) is 6.92 Å². The van der Waals surface area contributed by atoms with E-state index in [0.717, 1.165) is 37.6 Å². The highest BCUT2D eigenvalue weighted by Gasteiger charge is 2.19. The second-order valence-electron chi connectivity index (χ2n) is 5.93. The number of aromatic nitrogens is 2. The maximum atomic E-state index is 11.5. The Bertz CT molecular complexity index is 808. The fourth-order valence-electron chi connectivity index (χ4n) is 2.82. The third-order valence-corrected chi connectivity index (χ3v) is 4.58. The summed E-state index contributed by atoms with van der Waals surface area (Å²) in [5.74, 6) is 1.33. The Balaban J connectivity index is 1.75. The number of carbonyl (C=O) groups is 1. The molecule has 1 fully saturated rings. The monoisotopic (exact) mass is 376 g/mol. The highest BCUT2D eigenvalue weighted by atomic mass is 35.5. The molecule has 2 heterocycles. The molecule has 1 aliphatic rings. The van der Waals surface area contributed by atoms with Gasteiger partial charge in [-0.3, -0.25) is 4.79 Å². The van der Waals surface area contributed by atoms with Crippen LogP contribution in [0.25, 0.3) is 0 Å². The first-order valence-electron chi connectivity index (χ1n) is 8.21. The summed E-state index contributed by atoms with van der Waals surface area (Å²) in [7, 11) is 1.61. The van der Waals surface area contributed by atoms with Crippen LogP contribution in [0, 0.1) is 0 Å². The molecule has 3 N–H and O–H groups in total. The number of nitrogens with two attached hydrogens (primary N) is 1. The van der Waals surface area contributed by atoms with Gasteiger partial charge < -0.3 is 25.6 Å². The van der Waals surface area contributed by atoms with Crippen LogP contribution in [-0.4, -0.2) is 54.1 Å². The SMILES string of the molecule is COc1cc(N2CCN(C(C)=O)CC2)ccc1Nc1ncc(Cl)c(N)n1. The third-order valence-electron chi connectivity index (χ3n) is 4.29. The standard InChI is InChI=1S/C17H21ClN6O2/c1-11(25)23-5-7-24(8-6-23)12-3-4-14(15(9-12)26-2)21-17-20-10-13(18)16(19)22-17/h3-4,9-10H,5-8H2,1-2H3,(H3,19,20,21,22). The van der Waals surface area contributed by atoms with E-state index >= 15 is 0 Å². The van der Waals surface area contributed by atoms with E-state index in [-0.39, 0.29) is 11.7 Å². The summed E-state index contributed by atoms with van der Waals surface area (Å²) in [6.07, 6.45) is 1.45. The second kappa shape index (κ2) is 7.65. The van der Waals surface area contributed by atoms with E-state index in [1.165, 1.54) is 6.20 Å². The van der Waals surface area contributed by atoms with Crippen LogP contribution in [0.3, 0.4) is 0 Å². The molecule has 0 unspecified atom stereocenters. The first kappa shape index (κ1) is 18.1. The van der Waals surface area contributed by atoms with Crippen LogP contribution in [0.2, 0.25) is 5.02 Å². The van der Waals surface area contributed by atoms with Crippen molar-refractivity contribution in [2.75, 3.05) is 49.2 Å². The van der Waals surface area contributed by atoms with Gasteiger partial charge in [-0.1, -0.05) is 11.6 Å². The van der Waals surface area contributed by atoms with E-state index in [1.807, 2.05) is 23.1 Å². The van der Waals surface area contributed by atoms with Gasteiger partial charge in [0.1, 0.15) is 16.6 Å². The molecule has 3 rings (SSSR count). The predicted octanol–water partition coefficient (Wildman–Crippen LogP) is 2.13. The van der Waals surface area contributed by atoms with Crippen LogP contribution < -0.4 is 20.7 Å². The molecule has 0 radical (unpaired) electrons. The molecule has 2 aromatic rings. The fourth-order valence-corrected chi connectivity index (χ4v) is 2.91. The van der Waals surface area contributed by atoms with Crippen LogP contribution in [0.4, 0.5) is 23.1 Å². The summed E-state index contributed by atoms with van der Waals surface area (Å²) >= 11 is 5.85. The predicted molar refractivity (Wildman–Crippen MR) is 102 cm³/mol. The molecule has 138 valence electrons. The summed E-state index contributed by atoms with van der Waals surface area (Å²) in [6.45, 7) is 4.61. The zero-order chi connectivity index (χ0) is 18.7. The number of benzene rings is 1. The van der Waals surface area contributed by atoms with E-state index in [2.05, 4.69) is 20.2 Å². The van der Waals surface area contributed by atoms with Crippen molar-refractivity contribution >= 4 is 40.6 Å². The molecule has 1 aromatic heterocycles. The number of hydrogen-bond donors (Lipinski definition) is 2. The number of nitrogens with zero attached hydrogens (tertiary/aromatic N) is 4. The van der Waals surface area contributed by atoms with Crippen molar-refractivity contribution in [2.24, 2.45) is 0 Å². The number of rotatable bonds is 4. The normalized spacial score (nSPS) is 14.3. The van der Waals surface area contributed by atoms with Crippen molar-refractivity contribution in [1.29, 1.82) is 0 Å². The third kappa shape index (κ3) is 3.91. The quantitative estimate of drug-likeness (QED) is 0.843. The van der Waals surface area contributed by atoms with Gasteiger partial charge in [0.25, 0.3) is 0 Å². The largest absolute Gasteiger partial charge is 0.494 e. The molecule has 26 heavy (non-hydrogen) atoms. The van der Waals surface area contributed by atoms with Crippen molar-refractivity contribution < 1.29 is 9.53 Å². The Labute approximate surface area is 156 Å². The van der Waals surface area contributed by atoms with E-state index in [1.54, 1.807) is 14.0 Å². The van der Waals surface area contributed by atoms with Gasteiger partial charge in [0.15, 0.2) is 0 Å². The second-order valence-corrected chi connectivity index (χ2v) is 6.34. The van der Waals surface area contributed by atoms with Gasteiger partial charge in [-0.15, -0.1) is 0 Å². The van der Waals surface area contributed by atoms with Crippen molar-refractivity contribution in [3.8, 4) is 5.75 Å². The van der Waals surface area contributed by atoms with E-state index in [4.69, 9.17) is 22.1 Å². The molecule has 0 atom stereocenters. The molecule has 0 saturated carbocycles. The number of carbonyl (C=O) groups excluding carboxylic acids is 1. The Morgan fingerprint density at radius 3 is 2.65 bits per heavy atom. The van der Waals surface area contributed by atoms with E-state index < -0.39 is 0 Å². The molecule has 9 heteroatoms. The lowest BCUT2D eigenvalue weighted by Crippen LogP contribution is -2.48. The fraction of sp³-hybridized carbons (Fsp3) is 0.353. The summed E-state index contributed by atoms with van der Waals surface area (Å²) in [4.78, 5) is 23.7.